The second-order valence-corrected chi connectivity index (χ2v) is 11.0. The van der Waals surface area contributed by atoms with Gasteiger partial charge in [0.1, 0.15) is 0 Å². The van der Waals surface area contributed by atoms with E-state index in [9.17, 15) is 13.2 Å². The Morgan fingerprint density at radius 1 is 1.14 bits per heavy atom. The molecule has 156 valence electrons. The first kappa shape index (κ1) is 21.3. The predicted molar refractivity (Wildman–Crippen MR) is 111 cm³/mol. The summed E-state index contributed by atoms with van der Waals surface area (Å²) in [6.45, 7) is 11.9. The number of aryl methyl sites for hydroxylation is 1. The van der Waals surface area contributed by atoms with Gasteiger partial charge in [0.25, 0.3) is 0 Å². The molecule has 7 heteroatoms. The molecule has 1 heterocycles. The Hall–Kier alpha value is -1.44. The van der Waals surface area contributed by atoms with Gasteiger partial charge in [-0.2, -0.15) is 4.31 Å². The van der Waals surface area contributed by atoms with E-state index < -0.39 is 10.0 Å². The van der Waals surface area contributed by atoms with Crippen molar-refractivity contribution in [1.29, 1.82) is 0 Å². The fourth-order valence-corrected chi connectivity index (χ4v) is 5.20. The highest BCUT2D eigenvalue weighted by Gasteiger charge is 2.34. The van der Waals surface area contributed by atoms with E-state index in [0.717, 1.165) is 24.0 Å². The van der Waals surface area contributed by atoms with Crippen molar-refractivity contribution >= 4 is 15.9 Å². The summed E-state index contributed by atoms with van der Waals surface area (Å²) in [6, 6.07) is 5.84. The second kappa shape index (κ2) is 7.76. The standard InChI is InChI=1S/C21H33N3O3S/c1-15-6-7-17(21(3,4)5)14-19(15)28(26,27)24-12-10-23(11-13-24)16(2)20(25)22-18-8-9-18/h6-7,14,16,18H,8-13H2,1-5H3,(H,22,25). The van der Waals surface area contributed by atoms with Gasteiger partial charge in [-0.05, 0) is 49.3 Å². The van der Waals surface area contributed by atoms with Crippen molar-refractivity contribution in [2.45, 2.75) is 69.9 Å². The third kappa shape index (κ3) is 4.58. The Morgan fingerprint density at radius 2 is 1.75 bits per heavy atom. The topological polar surface area (TPSA) is 69.7 Å². The van der Waals surface area contributed by atoms with Crippen LogP contribution in [0.2, 0.25) is 0 Å². The Labute approximate surface area is 169 Å². The SMILES string of the molecule is Cc1ccc(C(C)(C)C)cc1S(=O)(=O)N1CCN(C(C)C(=O)NC2CC2)CC1. The zero-order valence-corrected chi connectivity index (χ0v) is 18.5. The molecule has 1 unspecified atom stereocenters. The minimum atomic E-state index is -3.55. The van der Waals surface area contributed by atoms with Gasteiger partial charge < -0.3 is 5.32 Å². The molecule has 0 aromatic heterocycles. The smallest absolute Gasteiger partial charge is 0.243 e. The molecule has 1 aliphatic carbocycles. The Bertz CT molecular complexity index is 833. The lowest BCUT2D eigenvalue weighted by Crippen LogP contribution is -2.55. The lowest BCUT2D eigenvalue weighted by atomic mass is 9.87. The van der Waals surface area contributed by atoms with Gasteiger partial charge in [0.2, 0.25) is 15.9 Å². The summed E-state index contributed by atoms with van der Waals surface area (Å²) in [5.74, 6) is 0.0486. The lowest BCUT2D eigenvalue weighted by molar-refractivity contribution is -0.126. The molecule has 2 aliphatic rings. The van der Waals surface area contributed by atoms with Crippen LogP contribution in [0.5, 0.6) is 0 Å². The van der Waals surface area contributed by atoms with Gasteiger partial charge in [0.05, 0.1) is 10.9 Å². The molecule has 1 saturated heterocycles. The number of sulfonamides is 1. The number of hydrogen-bond donors (Lipinski definition) is 1. The van der Waals surface area contributed by atoms with Crippen LogP contribution in [0.25, 0.3) is 0 Å². The van der Waals surface area contributed by atoms with Crippen LogP contribution in [0.4, 0.5) is 0 Å². The van der Waals surface area contributed by atoms with Gasteiger partial charge in [-0.1, -0.05) is 32.9 Å². The summed E-state index contributed by atoms with van der Waals surface area (Å²) in [4.78, 5) is 14.8. The maximum atomic E-state index is 13.3. The highest BCUT2D eigenvalue weighted by atomic mass is 32.2. The first-order valence-corrected chi connectivity index (χ1v) is 11.6. The Morgan fingerprint density at radius 3 is 2.29 bits per heavy atom. The highest BCUT2D eigenvalue weighted by Crippen LogP contribution is 2.29. The fourth-order valence-electron chi connectivity index (χ4n) is 3.53. The summed E-state index contributed by atoms with van der Waals surface area (Å²) >= 11 is 0. The van der Waals surface area contributed by atoms with E-state index in [-0.39, 0.29) is 17.4 Å². The number of nitrogens with one attached hydrogen (secondary N) is 1. The third-order valence-corrected chi connectivity index (χ3v) is 7.84. The molecular formula is C21H33N3O3S. The third-order valence-electron chi connectivity index (χ3n) is 5.80. The second-order valence-electron chi connectivity index (χ2n) is 9.13. The number of piperazine rings is 1. The average Bonchev–Trinajstić information content (AvgIpc) is 3.44. The van der Waals surface area contributed by atoms with Crippen molar-refractivity contribution in [3.8, 4) is 0 Å². The summed E-state index contributed by atoms with van der Waals surface area (Å²) in [5.41, 5.74) is 1.68. The first-order valence-electron chi connectivity index (χ1n) is 10.2. The predicted octanol–water partition coefficient (Wildman–Crippen LogP) is 2.27. The molecular weight excluding hydrogens is 374 g/mol. The summed E-state index contributed by atoms with van der Waals surface area (Å²) < 4.78 is 28.1. The van der Waals surface area contributed by atoms with Crippen LogP contribution in [-0.2, 0) is 20.2 Å². The number of hydrogen-bond acceptors (Lipinski definition) is 4. The molecule has 0 bridgehead atoms. The molecule has 1 aliphatic heterocycles. The molecule has 1 atom stereocenters. The van der Waals surface area contributed by atoms with Gasteiger partial charge in [-0.15, -0.1) is 0 Å². The number of amides is 1. The monoisotopic (exact) mass is 407 g/mol. The summed E-state index contributed by atoms with van der Waals surface area (Å²) in [7, 11) is -3.55. The van der Waals surface area contributed by atoms with E-state index in [0.29, 0.717) is 37.1 Å². The van der Waals surface area contributed by atoms with Crippen molar-refractivity contribution in [3.63, 3.8) is 0 Å². The highest BCUT2D eigenvalue weighted by molar-refractivity contribution is 7.89. The Kier molecular flexibility index (Phi) is 5.90. The van der Waals surface area contributed by atoms with Gasteiger partial charge in [0.15, 0.2) is 0 Å². The summed E-state index contributed by atoms with van der Waals surface area (Å²) in [5, 5.41) is 3.03. The number of nitrogens with zero attached hydrogens (tertiary/aromatic N) is 2. The average molecular weight is 408 g/mol. The van der Waals surface area contributed by atoms with Crippen molar-refractivity contribution in [3.05, 3.63) is 29.3 Å². The van der Waals surface area contributed by atoms with Gasteiger partial charge in [0, 0.05) is 32.2 Å². The minimum absolute atomic E-state index is 0.0486. The molecule has 1 aromatic rings. The molecule has 2 fully saturated rings. The van der Waals surface area contributed by atoms with Crippen LogP contribution >= 0.6 is 0 Å². The van der Waals surface area contributed by atoms with Gasteiger partial charge in [-0.25, -0.2) is 8.42 Å². The minimum Gasteiger partial charge on any atom is -0.352 e. The van der Waals surface area contributed by atoms with Crippen LogP contribution in [-0.4, -0.2) is 61.8 Å². The zero-order valence-electron chi connectivity index (χ0n) is 17.7. The maximum absolute atomic E-state index is 13.3. The van der Waals surface area contributed by atoms with E-state index in [1.165, 1.54) is 0 Å². The summed E-state index contributed by atoms with van der Waals surface area (Å²) in [6.07, 6.45) is 2.13. The van der Waals surface area contributed by atoms with Crippen LogP contribution < -0.4 is 5.32 Å². The molecule has 1 amide bonds. The van der Waals surface area contributed by atoms with E-state index in [1.54, 1.807) is 4.31 Å². The zero-order chi connectivity index (χ0) is 20.7. The number of carbonyl (C=O) groups excluding carboxylic acids is 1. The normalized spacial score (nSPS) is 20.8. The van der Waals surface area contributed by atoms with Crippen molar-refractivity contribution in [1.82, 2.24) is 14.5 Å². The van der Waals surface area contributed by atoms with E-state index in [2.05, 4.69) is 31.0 Å². The lowest BCUT2D eigenvalue weighted by Gasteiger charge is -2.37. The molecule has 6 nitrogen and oxygen atoms in total. The van der Waals surface area contributed by atoms with E-state index in [4.69, 9.17) is 0 Å². The molecule has 1 aromatic carbocycles. The van der Waals surface area contributed by atoms with Gasteiger partial charge in [-0.3, -0.25) is 9.69 Å². The van der Waals surface area contributed by atoms with Crippen LogP contribution in [0, 0.1) is 6.92 Å². The molecule has 28 heavy (non-hydrogen) atoms. The van der Waals surface area contributed by atoms with Crippen molar-refractivity contribution in [2.24, 2.45) is 0 Å². The quantitative estimate of drug-likeness (QED) is 0.813. The number of carbonyl (C=O) groups is 1. The van der Waals surface area contributed by atoms with Crippen molar-refractivity contribution < 1.29 is 13.2 Å². The van der Waals surface area contributed by atoms with E-state index in [1.807, 2.05) is 32.0 Å². The molecule has 0 radical (unpaired) electrons. The maximum Gasteiger partial charge on any atom is 0.243 e. The fraction of sp³-hybridized carbons (Fsp3) is 0.667. The molecule has 1 N–H and O–H groups in total. The number of rotatable bonds is 5. The molecule has 0 spiro atoms. The van der Waals surface area contributed by atoms with Crippen molar-refractivity contribution in [2.75, 3.05) is 26.2 Å². The van der Waals surface area contributed by atoms with Crippen LogP contribution in [0.15, 0.2) is 23.1 Å². The first-order chi connectivity index (χ1) is 13.0. The van der Waals surface area contributed by atoms with E-state index >= 15 is 0 Å². The largest absolute Gasteiger partial charge is 0.352 e. The number of benzene rings is 1. The molecule has 3 rings (SSSR count). The molecule has 1 saturated carbocycles. The van der Waals surface area contributed by atoms with Gasteiger partial charge >= 0.3 is 0 Å². The van der Waals surface area contributed by atoms with Crippen LogP contribution in [0.3, 0.4) is 0 Å². The van der Waals surface area contributed by atoms with Crippen LogP contribution in [0.1, 0.15) is 51.7 Å². The Balaban J connectivity index is 1.70.